The van der Waals surface area contributed by atoms with Crippen LogP contribution >= 0.6 is 0 Å². The number of anilines is 1. The van der Waals surface area contributed by atoms with Crippen LogP contribution in [0.2, 0.25) is 0 Å². The Bertz CT molecular complexity index is 1040. The number of amides is 2. The van der Waals surface area contributed by atoms with E-state index in [1.165, 1.54) is 30.1 Å². The van der Waals surface area contributed by atoms with Gasteiger partial charge in [-0.3, -0.25) is 19.1 Å². The van der Waals surface area contributed by atoms with Crippen molar-refractivity contribution >= 4 is 17.5 Å². The Hall–Kier alpha value is -3.68. The number of benzene rings is 1. The minimum absolute atomic E-state index is 0.0905. The molecule has 8 heteroatoms. The first kappa shape index (κ1) is 18.1. The molecule has 138 valence electrons. The van der Waals surface area contributed by atoms with Crippen molar-refractivity contribution in [3.63, 3.8) is 0 Å². The van der Waals surface area contributed by atoms with E-state index in [0.717, 1.165) is 5.56 Å². The fourth-order valence-electron chi connectivity index (χ4n) is 2.64. The van der Waals surface area contributed by atoms with Gasteiger partial charge in [0.1, 0.15) is 5.56 Å². The number of rotatable bonds is 5. The summed E-state index contributed by atoms with van der Waals surface area (Å²) in [6.45, 7) is 0.248. The van der Waals surface area contributed by atoms with Gasteiger partial charge in [0.2, 0.25) is 0 Å². The molecule has 0 bridgehead atoms. The number of nitrogens with zero attached hydrogens (tertiary/aromatic N) is 3. The molecule has 0 aliphatic rings. The third-order valence-electron chi connectivity index (χ3n) is 3.98. The third-order valence-corrected chi connectivity index (χ3v) is 3.98. The number of aromatic nitrogens is 3. The SMILES string of the molecule is CNC(=O)c1cc(C(=O)Nc2cnn(C)c2)cn(Cc2ccccc2)c1=O. The van der Waals surface area contributed by atoms with Crippen LogP contribution in [0.1, 0.15) is 26.3 Å². The van der Waals surface area contributed by atoms with Gasteiger partial charge in [-0.25, -0.2) is 0 Å². The molecular formula is C19H19N5O3. The molecule has 2 heterocycles. The molecule has 27 heavy (non-hydrogen) atoms. The Kier molecular flexibility index (Phi) is 5.16. The smallest absolute Gasteiger partial charge is 0.263 e. The maximum absolute atomic E-state index is 12.7. The summed E-state index contributed by atoms with van der Waals surface area (Å²) in [7, 11) is 3.17. The minimum atomic E-state index is -0.544. The third kappa shape index (κ3) is 4.12. The van der Waals surface area contributed by atoms with Crippen LogP contribution in [0.4, 0.5) is 5.69 Å². The van der Waals surface area contributed by atoms with Crippen LogP contribution in [0.5, 0.6) is 0 Å². The fourth-order valence-corrected chi connectivity index (χ4v) is 2.64. The lowest BCUT2D eigenvalue weighted by molar-refractivity contribution is 0.0961. The highest BCUT2D eigenvalue weighted by molar-refractivity contribution is 6.05. The molecule has 0 saturated carbocycles. The van der Waals surface area contributed by atoms with Crippen molar-refractivity contribution in [3.8, 4) is 0 Å². The van der Waals surface area contributed by atoms with Crippen LogP contribution in [0.15, 0.2) is 59.8 Å². The average molecular weight is 365 g/mol. The first-order valence-corrected chi connectivity index (χ1v) is 8.28. The van der Waals surface area contributed by atoms with Gasteiger partial charge in [-0.05, 0) is 11.6 Å². The summed E-state index contributed by atoms with van der Waals surface area (Å²) in [6, 6.07) is 10.6. The van der Waals surface area contributed by atoms with Crippen LogP contribution in [0.25, 0.3) is 0 Å². The van der Waals surface area contributed by atoms with Gasteiger partial charge >= 0.3 is 0 Å². The average Bonchev–Trinajstić information content (AvgIpc) is 3.08. The Balaban J connectivity index is 2.00. The molecule has 0 atom stereocenters. The zero-order chi connectivity index (χ0) is 19.4. The van der Waals surface area contributed by atoms with Crippen molar-refractivity contribution in [1.29, 1.82) is 0 Å². The lowest BCUT2D eigenvalue weighted by atomic mass is 10.1. The summed E-state index contributed by atoms with van der Waals surface area (Å²) in [6.07, 6.45) is 4.61. The number of aryl methyl sites for hydroxylation is 1. The van der Waals surface area contributed by atoms with Gasteiger partial charge in [0.15, 0.2) is 0 Å². The zero-order valence-electron chi connectivity index (χ0n) is 15.0. The zero-order valence-corrected chi connectivity index (χ0v) is 15.0. The second kappa shape index (κ2) is 7.69. The van der Waals surface area contributed by atoms with Crippen molar-refractivity contribution in [2.24, 2.45) is 7.05 Å². The number of hydrogen-bond acceptors (Lipinski definition) is 4. The Labute approximate surface area is 155 Å². The lowest BCUT2D eigenvalue weighted by Crippen LogP contribution is -2.33. The first-order chi connectivity index (χ1) is 13.0. The normalized spacial score (nSPS) is 10.4. The van der Waals surface area contributed by atoms with E-state index in [1.807, 2.05) is 30.3 Å². The van der Waals surface area contributed by atoms with E-state index in [1.54, 1.807) is 17.9 Å². The van der Waals surface area contributed by atoms with Crippen molar-refractivity contribution in [3.05, 3.63) is 82.0 Å². The van der Waals surface area contributed by atoms with Crippen molar-refractivity contribution in [2.75, 3.05) is 12.4 Å². The summed E-state index contributed by atoms with van der Waals surface area (Å²) in [4.78, 5) is 37.4. The molecule has 8 nitrogen and oxygen atoms in total. The van der Waals surface area contributed by atoms with E-state index in [0.29, 0.717) is 5.69 Å². The Morgan fingerprint density at radius 1 is 1.11 bits per heavy atom. The largest absolute Gasteiger partial charge is 0.355 e. The molecule has 0 radical (unpaired) electrons. The van der Waals surface area contributed by atoms with Crippen LogP contribution in [0, 0.1) is 0 Å². The first-order valence-electron chi connectivity index (χ1n) is 8.28. The highest BCUT2D eigenvalue weighted by atomic mass is 16.2. The molecule has 2 aromatic heterocycles. The highest BCUT2D eigenvalue weighted by Gasteiger charge is 2.17. The summed E-state index contributed by atoms with van der Waals surface area (Å²) in [5, 5.41) is 9.13. The highest BCUT2D eigenvalue weighted by Crippen LogP contribution is 2.10. The Morgan fingerprint density at radius 3 is 2.48 bits per heavy atom. The predicted octanol–water partition coefficient (Wildman–Crippen LogP) is 1.24. The molecule has 0 unspecified atom stereocenters. The van der Waals surface area contributed by atoms with Crippen LogP contribution in [0.3, 0.4) is 0 Å². The van der Waals surface area contributed by atoms with Gasteiger partial charge in [-0.1, -0.05) is 30.3 Å². The van der Waals surface area contributed by atoms with Crippen molar-refractivity contribution in [2.45, 2.75) is 6.54 Å². The van der Waals surface area contributed by atoms with Crippen molar-refractivity contribution < 1.29 is 9.59 Å². The molecule has 0 spiro atoms. The van der Waals surface area contributed by atoms with Gasteiger partial charge in [0.25, 0.3) is 17.4 Å². The van der Waals surface area contributed by atoms with E-state index >= 15 is 0 Å². The standard InChI is InChI=1S/C19H19N5O3/c1-20-18(26)16-8-14(17(25)22-15-9-21-23(2)12-15)11-24(19(16)27)10-13-6-4-3-5-7-13/h3-9,11-12H,10H2,1-2H3,(H,20,26)(H,22,25). The number of pyridine rings is 1. The summed E-state index contributed by atoms with van der Waals surface area (Å²) >= 11 is 0. The van der Waals surface area contributed by atoms with Crippen LogP contribution in [-0.2, 0) is 13.6 Å². The van der Waals surface area contributed by atoms with Crippen molar-refractivity contribution in [1.82, 2.24) is 19.7 Å². The van der Waals surface area contributed by atoms with Gasteiger partial charge in [0.05, 0.1) is 24.0 Å². The van der Waals surface area contributed by atoms with E-state index in [-0.39, 0.29) is 17.7 Å². The monoisotopic (exact) mass is 365 g/mol. The molecule has 0 fully saturated rings. The molecular weight excluding hydrogens is 346 g/mol. The molecule has 0 aliphatic heterocycles. The second-order valence-corrected chi connectivity index (χ2v) is 6.00. The molecule has 0 saturated heterocycles. The number of hydrogen-bond donors (Lipinski definition) is 2. The van der Waals surface area contributed by atoms with E-state index in [2.05, 4.69) is 15.7 Å². The van der Waals surface area contributed by atoms with Gasteiger partial charge in [0, 0.05) is 26.5 Å². The molecule has 1 aromatic carbocycles. The summed E-state index contributed by atoms with van der Waals surface area (Å²) in [5.74, 6) is -0.979. The Morgan fingerprint density at radius 2 is 1.85 bits per heavy atom. The topological polar surface area (TPSA) is 98.0 Å². The predicted molar refractivity (Wildman–Crippen MR) is 101 cm³/mol. The maximum atomic E-state index is 12.7. The summed E-state index contributed by atoms with van der Waals surface area (Å²) in [5.41, 5.74) is 1.05. The fraction of sp³-hybridized carbons (Fsp3) is 0.158. The van der Waals surface area contributed by atoms with Crippen LogP contribution in [-0.4, -0.2) is 33.2 Å². The number of nitrogens with one attached hydrogen (secondary N) is 2. The molecule has 2 amide bonds. The minimum Gasteiger partial charge on any atom is -0.355 e. The van der Waals surface area contributed by atoms with E-state index < -0.39 is 17.4 Å². The van der Waals surface area contributed by atoms with Crippen LogP contribution < -0.4 is 16.2 Å². The van der Waals surface area contributed by atoms with E-state index in [4.69, 9.17) is 0 Å². The number of carbonyl (C=O) groups excluding carboxylic acids is 2. The quantitative estimate of drug-likeness (QED) is 0.711. The summed E-state index contributed by atoms with van der Waals surface area (Å²) < 4.78 is 2.92. The van der Waals surface area contributed by atoms with Gasteiger partial charge < -0.3 is 15.2 Å². The maximum Gasteiger partial charge on any atom is 0.263 e. The van der Waals surface area contributed by atoms with Gasteiger partial charge in [-0.15, -0.1) is 0 Å². The van der Waals surface area contributed by atoms with Gasteiger partial charge in [-0.2, -0.15) is 5.10 Å². The molecule has 0 aliphatic carbocycles. The molecule has 2 N–H and O–H groups in total. The molecule has 3 aromatic rings. The molecule has 3 rings (SSSR count). The number of carbonyl (C=O) groups is 2. The van der Waals surface area contributed by atoms with E-state index in [9.17, 15) is 14.4 Å². The lowest BCUT2D eigenvalue weighted by Gasteiger charge is -2.11. The second-order valence-electron chi connectivity index (χ2n) is 6.00.